The molecule has 168 valence electrons. The Hall–Kier alpha value is -2.25. The van der Waals surface area contributed by atoms with Gasteiger partial charge in [0.1, 0.15) is 11.3 Å². The highest BCUT2D eigenvalue weighted by Gasteiger charge is 2.43. The zero-order valence-corrected chi connectivity index (χ0v) is 19.0. The number of hydrogen-bond acceptors (Lipinski definition) is 4. The summed E-state index contributed by atoms with van der Waals surface area (Å²) >= 11 is 6.58. The largest absolute Gasteiger partial charge is 0.459 e. The third-order valence-corrected chi connectivity index (χ3v) is 6.68. The Bertz CT molecular complexity index is 981. The lowest BCUT2D eigenvalue weighted by atomic mass is 9.74. The first-order valence-corrected chi connectivity index (χ1v) is 11.6. The van der Waals surface area contributed by atoms with Crippen LogP contribution >= 0.6 is 11.6 Å². The molecule has 1 aliphatic carbocycles. The summed E-state index contributed by atoms with van der Waals surface area (Å²) in [5, 5.41) is 10.9. The van der Waals surface area contributed by atoms with Gasteiger partial charge in [0, 0.05) is 37.5 Å². The maximum absolute atomic E-state index is 12.4. The first-order valence-electron chi connectivity index (χ1n) is 11.2. The SMILES string of the molecule is CCCN(CCNCc1cc2cc(Cl)c3c(c2o1)C1(CCCCC1)NC(=O)N3)C(C)=O. The van der Waals surface area contributed by atoms with Crippen molar-refractivity contribution in [3.63, 3.8) is 0 Å². The lowest BCUT2D eigenvalue weighted by Crippen LogP contribution is -2.52. The molecule has 1 saturated carbocycles. The molecule has 2 aliphatic rings. The van der Waals surface area contributed by atoms with E-state index in [0.29, 0.717) is 30.3 Å². The van der Waals surface area contributed by atoms with E-state index < -0.39 is 5.54 Å². The Morgan fingerprint density at radius 1 is 1.26 bits per heavy atom. The molecule has 1 fully saturated rings. The molecule has 2 heterocycles. The fourth-order valence-electron chi connectivity index (χ4n) is 4.95. The number of amides is 3. The molecule has 0 unspecified atom stereocenters. The fraction of sp³-hybridized carbons (Fsp3) is 0.565. The van der Waals surface area contributed by atoms with Crippen LogP contribution in [0.1, 0.15) is 63.7 Å². The lowest BCUT2D eigenvalue weighted by Gasteiger charge is -2.42. The molecule has 1 aromatic carbocycles. The number of carbonyl (C=O) groups excluding carboxylic acids is 2. The Kier molecular flexibility index (Phi) is 6.44. The number of urea groups is 1. The van der Waals surface area contributed by atoms with Crippen LogP contribution in [-0.4, -0.2) is 36.5 Å². The molecule has 3 amide bonds. The summed E-state index contributed by atoms with van der Waals surface area (Å²) in [6.45, 7) is 6.37. The highest BCUT2D eigenvalue weighted by molar-refractivity contribution is 6.35. The summed E-state index contributed by atoms with van der Waals surface area (Å²) in [4.78, 5) is 25.9. The van der Waals surface area contributed by atoms with Crippen LogP contribution in [0.15, 0.2) is 16.5 Å². The molecule has 7 nitrogen and oxygen atoms in total. The predicted octanol–water partition coefficient (Wildman–Crippen LogP) is 4.73. The highest BCUT2D eigenvalue weighted by Crippen LogP contribution is 2.48. The van der Waals surface area contributed by atoms with Crippen LogP contribution in [0, 0.1) is 0 Å². The Morgan fingerprint density at radius 3 is 2.74 bits per heavy atom. The quantitative estimate of drug-likeness (QED) is 0.536. The molecule has 0 radical (unpaired) electrons. The topological polar surface area (TPSA) is 86.6 Å². The van der Waals surface area contributed by atoms with E-state index >= 15 is 0 Å². The number of hydrogen-bond donors (Lipinski definition) is 3. The van der Waals surface area contributed by atoms with Crippen LogP contribution in [0.3, 0.4) is 0 Å². The number of anilines is 1. The van der Waals surface area contributed by atoms with Gasteiger partial charge in [-0.1, -0.05) is 37.8 Å². The average Bonchev–Trinajstić information content (AvgIpc) is 3.12. The monoisotopic (exact) mass is 446 g/mol. The third-order valence-electron chi connectivity index (χ3n) is 6.38. The molecule has 2 aromatic rings. The molecule has 0 bridgehead atoms. The average molecular weight is 447 g/mol. The maximum atomic E-state index is 12.4. The van der Waals surface area contributed by atoms with Crippen LogP contribution in [0.2, 0.25) is 5.02 Å². The van der Waals surface area contributed by atoms with Gasteiger partial charge < -0.3 is 25.3 Å². The molecule has 31 heavy (non-hydrogen) atoms. The first kappa shape index (κ1) is 22.0. The summed E-state index contributed by atoms with van der Waals surface area (Å²) in [6.07, 6.45) is 6.01. The summed E-state index contributed by atoms with van der Waals surface area (Å²) in [6, 6.07) is 3.67. The lowest BCUT2D eigenvalue weighted by molar-refractivity contribution is -0.128. The van der Waals surface area contributed by atoms with Gasteiger partial charge in [0.15, 0.2) is 0 Å². The Balaban J connectivity index is 1.56. The van der Waals surface area contributed by atoms with E-state index in [1.807, 2.05) is 17.0 Å². The first-order chi connectivity index (χ1) is 14.9. The maximum Gasteiger partial charge on any atom is 0.319 e. The van der Waals surface area contributed by atoms with Gasteiger partial charge in [-0.3, -0.25) is 4.79 Å². The standard InChI is InChI=1S/C23H31ClN4O3/c1-3-10-28(15(2)29)11-9-25-14-17-12-16-13-18(24)20-19(21(16)31-17)23(27-22(30)26-20)7-5-4-6-8-23/h12-13,25H,3-11,14H2,1-2H3,(H2,26,27,30). The molecule has 4 rings (SSSR count). The van der Waals surface area contributed by atoms with Crippen molar-refractivity contribution in [1.82, 2.24) is 15.5 Å². The molecule has 1 aliphatic heterocycles. The second-order valence-corrected chi connectivity index (χ2v) is 9.05. The molecule has 3 N–H and O–H groups in total. The fourth-order valence-corrected chi connectivity index (χ4v) is 5.21. The summed E-state index contributed by atoms with van der Waals surface area (Å²) in [5.74, 6) is 0.910. The molecular formula is C23H31ClN4O3. The van der Waals surface area contributed by atoms with Crippen molar-refractivity contribution in [2.75, 3.05) is 25.0 Å². The van der Waals surface area contributed by atoms with Crippen molar-refractivity contribution in [3.8, 4) is 0 Å². The Labute approximate surface area is 187 Å². The van der Waals surface area contributed by atoms with Crippen LogP contribution in [0.4, 0.5) is 10.5 Å². The zero-order chi connectivity index (χ0) is 22.0. The van der Waals surface area contributed by atoms with Crippen LogP contribution in [-0.2, 0) is 16.9 Å². The number of halogens is 1. The van der Waals surface area contributed by atoms with Gasteiger partial charge in [0.2, 0.25) is 5.91 Å². The zero-order valence-electron chi connectivity index (χ0n) is 18.3. The molecular weight excluding hydrogens is 416 g/mol. The smallest absolute Gasteiger partial charge is 0.319 e. The molecule has 8 heteroatoms. The number of fused-ring (bicyclic) bond motifs is 4. The normalized spacial score (nSPS) is 17.3. The van der Waals surface area contributed by atoms with Gasteiger partial charge in [-0.15, -0.1) is 0 Å². The van der Waals surface area contributed by atoms with Crippen molar-refractivity contribution in [1.29, 1.82) is 0 Å². The number of benzene rings is 1. The second kappa shape index (κ2) is 9.09. The second-order valence-electron chi connectivity index (χ2n) is 8.64. The van der Waals surface area contributed by atoms with Crippen molar-refractivity contribution >= 4 is 40.2 Å². The minimum absolute atomic E-state index is 0.0981. The number of nitrogens with one attached hydrogen (secondary N) is 3. The predicted molar refractivity (Wildman–Crippen MR) is 122 cm³/mol. The van der Waals surface area contributed by atoms with Crippen molar-refractivity contribution in [2.24, 2.45) is 0 Å². The van der Waals surface area contributed by atoms with Gasteiger partial charge in [-0.2, -0.15) is 0 Å². The molecule has 0 atom stereocenters. The minimum Gasteiger partial charge on any atom is -0.459 e. The van der Waals surface area contributed by atoms with Gasteiger partial charge in [0.25, 0.3) is 0 Å². The summed E-state index contributed by atoms with van der Waals surface area (Å²) in [5.41, 5.74) is 2.02. The van der Waals surface area contributed by atoms with Gasteiger partial charge in [-0.05, 0) is 31.4 Å². The van der Waals surface area contributed by atoms with Crippen LogP contribution < -0.4 is 16.0 Å². The minimum atomic E-state index is -0.427. The number of rotatable bonds is 7. The molecule has 1 spiro atoms. The Morgan fingerprint density at radius 2 is 2.03 bits per heavy atom. The van der Waals surface area contributed by atoms with Gasteiger partial charge in [-0.25, -0.2) is 4.79 Å². The molecule has 0 saturated heterocycles. The summed E-state index contributed by atoms with van der Waals surface area (Å²) < 4.78 is 6.29. The van der Waals surface area contributed by atoms with Crippen molar-refractivity contribution in [2.45, 2.75) is 64.5 Å². The molecule has 1 aromatic heterocycles. The van der Waals surface area contributed by atoms with E-state index in [1.165, 1.54) is 6.42 Å². The van der Waals surface area contributed by atoms with E-state index in [-0.39, 0.29) is 11.9 Å². The van der Waals surface area contributed by atoms with E-state index in [1.54, 1.807) is 6.92 Å². The summed E-state index contributed by atoms with van der Waals surface area (Å²) in [7, 11) is 0. The third kappa shape index (κ3) is 4.39. The number of nitrogens with zero attached hydrogens (tertiary/aromatic N) is 1. The van der Waals surface area contributed by atoms with E-state index in [2.05, 4.69) is 22.9 Å². The van der Waals surface area contributed by atoms with Gasteiger partial charge >= 0.3 is 6.03 Å². The van der Waals surface area contributed by atoms with Gasteiger partial charge in [0.05, 0.1) is 22.8 Å². The van der Waals surface area contributed by atoms with Crippen LogP contribution in [0.25, 0.3) is 11.0 Å². The van der Waals surface area contributed by atoms with E-state index in [4.69, 9.17) is 16.0 Å². The highest BCUT2D eigenvalue weighted by atomic mass is 35.5. The van der Waals surface area contributed by atoms with Crippen molar-refractivity contribution in [3.05, 3.63) is 28.5 Å². The van der Waals surface area contributed by atoms with Crippen LogP contribution in [0.5, 0.6) is 0 Å². The van der Waals surface area contributed by atoms with Crippen molar-refractivity contribution < 1.29 is 14.0 Å². The van der Waals surface area contributed by atoms with E-state index in [9.17, 15) is 9.59 Å². The van der Waals surface area contributed by atoms with E-state index in [0.717, 1.165) is 60.9 Å². The number of carbonyl (C=O) groups is 2. The number of furan rings is 1.